The van der Waals surface area contributed by atoms with Gasteiger partial charge in [0.15, 0.2) is 0 Å². The summed E-state index contributed by atoms with van der Waals surface area (Å²) in [5, 5.41) is 0.587. The number of hydrogen-bond acceptors (Lipinski definition) is 2. The fourth-order valence-corrected chi connectivity index (χ4v) is 2.23. The van der Waals surface area contributed by atoms with E-state index in [9.17, 15) is 9.59 Å². The van der Waals surface area contributed by atoms with Crippen molar-refractivity contribution in [3.63, 3.8) is 0 Å². The maximum absolute atomic E-state index is 12.3. The van der Waals surface area contributed by atoms with Crippen molar-refractivity contribution in [1.82, 2.24) is 9.55 Å². The van der Waals surface area contributed by atoms with Crippen molar-refractivity contribution >= 4 is 10.9 Å². The van der Waals surface area contributed by atoms with Crippen LogP contribution in [-0.4, -0.2) is 9.55 Å². The molecule has 4 nitrogen and oxygen atoms in total. The van der Waals surface area contributed by atoms with Gasteiger partial charge in [0.05, 0.1) is 10.9 Å². The maximum atomic E-state index is 12.3. The average molecular weight is 260 g/mol. The molecule has 0 aliphatic carbocycles. The Balaban J connectivity index is 2.44. The lowest BCUT2D eigenvalue weighted by Gasteiger charge is -2.08. The quantitative estimate of drug-likeness (QED) is 0.918. The second-order valence-corrected chi connectivity index (χ2v) is 5.47. The van der Waals surface area contributed by atoms with Crippen molar-refractivity contribution in [2.24, 2.45) is 5.92 Å². The molecule has 0 saturated heterocycles. The molecule has 0 amide bonds. The number of fused-ring (bicyclic) bond motifs is 1. The first-order valence-corrected chi connectivity index (χ1v) is 6.72. The highest BCUT2D eigenvalue weighted by Crippen LogP contribution is 2.08. The highest BCUT2D eigenvalue weighted by molar-refractivity contribution is 5.77. The van der Waals surface area contributed by atoms with E-state index in [2.05, 4.69) is 18.8 Å². The molecule has 2 rings (SSSR count). The molecule has 19 heavy (non-hydrogen) atoms. The van der Waals surface area contributed by atoms with Crippen LogP contribution in [0.5, 0.6) is 0 Å². The van der Waals surface area contributed by atoms with E-state index >= 15 is 0 Å². The fraction of sp³-hybridized carbons (Fsp3) is 0.467. The van der Waals surface area contributed by atoms with Crippen LogP contribution in [-0.2, 0) is 6.54 Å². The minimum Gasteiger partial charge on any atom is -0.307 e. The molecule has 0 aliphatic heterocycles. The van der Waals surface area contributed by atoms with Gasteiger partial charge in [0, 0.05) is 6.54 Å². The number of hydrogen-bond donors (Lipinski definition) is 1. The van der Waals surface area contributed by atoms with Gasteiger partial charge in [-0.2, -0.15) is 0 Å². The van der Waals surface area contributed by atoms with E-state index < -0.39 is 0 Å². The lowest BCUT2D eigenvalue weighted by atomic mass is 10.1. The van der Waals surface area contributed by atoms with Gasteiger partial charge in [0.2, 0.25) is 0 Å². The van der Waals surface area contributed by atoms with E-state index in [1.807, 2.05) is 19.1 Å². The van der Waals surface area contributed by atoms with Crippen LogP contribution in [0.2, 0.25) is 0 Å². The van der Waals surface area contributed by atoms with Gasteiger partial charge >= 0.3 is 5.69 Å². The zero-order valence-corrected chi connectivity index (χ0v) is 11.7. The molecule has 102 valence electrons. The number of aromatic amines is 1. The molecule has 0 atom stereocenters. The average Bonchev–Trinajstić information content (AvgIpc) is 2.34. The summed E-state index contributed by atoms with van der Waals surface area (Å²) in [5.41, 5.74) is 1.13. The van der Waals surface area contributed by atoms with Gasteiger partial charge in [-0.1, -0.05) is 25.5 Å². The second kappa shape index (κ2) is 5.43. The number of nitrogens with one attached hydrogen (secondary N) is 1. The molecular formula is C15H20N2O2. The molecule has 1 aromatic carbocycles. The summed E-state index contributed by atoms with van der Waals surface area (Å²) in [7, 11) is 0. The summed E-state index contributed by atoms with van der Waals surface area (Å²) in [5.74, 6) is 0.581. The summed E-state index contributed by atoms with van der Waals surface area (Å²) in [6, 6.07) is 5.50. The Labute approximate surface area is 112 Å². The second-order valence-electron chi connectivity index (χ2n) is 5.47. The van der Waals surface area contributed by atoms with Crippen LogP contribution in [0.15, 0.2) is 27.8 Å². The summed E-state index contributed by atoms with van der Waals surface area (Å²) in [6.45, 7) is 6.69. The smallest absolute Gasteiger partial charge is 0.307 e. The van der Waals surface area contributed by atoms with Crippen molar-refractivity contribution in [3.8, 4) is 0 Å². The van der Waals surface area contributed by atoms with Crippen LogP contribution in [0.3, 0.4) is 0 Å². The molecule has 1 aromatic heterocycles. The van der Waals surface area contributed by atoms with Crippen LogP contribution in [0.1, 0.15) is 32.3 Å². The molecule has 1 N–H and O–H groups in total. The predicted octanol–water partition coefficient (Wildman–Crippen LogP) is 2.43. The largest absolute Gasteiger partial charge is 0.328 e. The Morgan fingerprint density at radius 2 is 2.00 bits per heavy atom. The first kappa shape index (κ1) is 13.6. The van der Waals surface area contributed by atoms with E-state index in [-0.39, 0.29) is 11.2 Å². The molecule has 0 fully saturated rings. The highest BCUT2D eigenvalue weighted by atomic mass is 16.2. The first-order valence-electron chi connectivity index (χ1n) is 6.72. The lowest BCUT2D eigenvalue weighted by molar-refractivity contribution is 0.497. The molecule has 0 saturated carbocycles. The summed E-state index contributed by atoms with van der Waals surface area (Å²) in [4.78, 5) is 27.0. The number of nitrogens with zero attached hydrogens (tertiary/aromatic N) is 1. The van der Waals surface area contributed by atoms with Crippen molar-refractivity contribution in [1.29, 1.82) is 0 Å². The number of rotatable bonds is 4. The third-order valence-electron chi connectivity index (χ3n) is 3.30. The molecule has 0 spiro atoms. The standard InChI is InChI=1S/C15H20N2O2/c1-10(2)5-4-8-17-14(18)12-9-11(3)6-7-13(12)16-15(17)19/h6-7,9-10H,4-5,8H2,1-3H3,(H,16,19). The van der Waals surface area contributed by atoms with E-state index in [0.717, 1.165) is 18.4 Å². The van der Waals surface area contributed by atoms with Crippen molar-refractivity contribution in [2.45, 2.75) is 40.2 Å². The third-order valence-corrected chi connectivity index (χ3v) is 3.30. The van der Waals surface area contributed by atoms with E-state index in [1.165, 1.54) is 4.57 Å². The molecule has 0 radical (unpaired) electrons. The summed E-state index contributed by atoms with van der Waals surface area (Å²) < 4.78 is 1.31. The van der Waals surface area contributed by atoms with E-state index in [0.29, 0.717) is 23.4 Å². The maximum Gasteiger partial charge on any atom is 0.328 e. The first-order chi connectivity index (χ1) is 8.99. The van der Waals surface area contributed by atoms with Crippen LogP contribution >= 0.6 is 0 Å². The minimum atomic E-state index is -0.315. The zero-order chi connectivity index (χ0) is 14.0. The topological polar surface area (TPSA) is 54.9 Å². The normalized spacial score (nSPS) is 11.4. The number of aryl methyl sites for hydroxylation is 1. The van der Waals surface area contributed by atoms with Gasteiger partial charge in [-0.05, 0) is 37.8 Å². The number of benzene rings is 1. The molecule has 0 bridgehead atoms. The summed E-state index contributed by atoms with van der Waals surface area (Å²) >= 11 is 0. The van der Waals surface area contributed by atoms with Crippen LogP contribution in [0.4, 0.5) is 0 Å². The van der Waals surface area contributed by atoms with Gasteiger partial charge in [0.1, 0.15) is 0 Å². The Bertz CT molecular complexity index is 695. The number of H-pyrrole nitrogens is 1. The zero-order valence-electron chi connectivity index (χ0n) is 11.7. The molecule has 0 aliphatic rings. The van der Waals surface area contributed by atoms with E-state index in [4.69, 9.17) is 0 Å². The van der Waals surface area contributed by atoms with Gasteiger partial charge in [0.25, 0.3) is 5.56 Å². The minimum absolute atomic E-state index is 0.189. The molecular weight excluding hydrogens is 240 g/mol. The van der Waals surface area contributed by atoms with Crippen molar-refractivity contribution in [3.05, 3.63) is 44.6 Å². The fourth-order valence-electron chi connectivity index (χ4n) is 2.23. The lowest BCUT2D eigenvalue weighted by Crippen LogP contribution is -2.35. The summed E-state index contributed by atoms with van der Waals surface area (Å²) in [6.07, 6.45) is 1.86. The van der Waals surface area contributed by atoms with Crippen LogP contribution in [0.25, 0.3) is 10.9 Å². The number of aromatic nitrogens is 2. The highest BCUT2D eigenvalue weighted by Gasteiger charge is 2.07. The van der Waals surface area contributed by atoms with Crippen molar-refractivity contribution < 1.29 is 0 Å². The Kier molecular flexibility index (Phi) is 3.88. The molecule has 2 aromatic rings. The van der Waals surface area contributed by atoms with Crippen LogP contribution < -0.4 is 11.2 Å². The predicted molar refractivity (Wildman–Crippen MR) is 77.6 cm³/mol. The van der Waals surface area contributed by atoms with Gasteiger partial charge in [-0.25, -0.2) is 4.79 Å². The molecule has 1 heterocycles. The Morgan fingerprint density at radius 3 is 2.68 bits per heavy atom. The van der Waals surface area contributed by atoms with Gasteiger partial charge < -0.3 is 4.98 Å². The third kappa shape index (κ3) is 2.95. The molecule has 4 heteroatoms. The Morgan fingerprint density at radius 1 is 1.26 bits per heavy atom. The van der Waals surface area contributed by atoms with Gasteiger partial charge in [-0.15, -0.1) is 0 Å². The van der Waals surface area contributed by atoms with Crippen LogP contribution in [0, 0.1) is 12.8 Å². The Hall–Kier alpha value is -1.84. The van der Waals surface area contributed by atoms with E-state index in [1.54, 1.807) is 6.07 Å². The SMILES string of the molecule is Cc1ccc2[nH]c(=O)n(CCCC(C)C)c(=O)c2c1. The monoisotopic (exact) mass is 260 g/mol. The van der Waals surface area contributed by atoms with Crippen molar-refractivity contribution in [2.75, 3.05) is 0 Å². The van der Waals surface area contributed by atoms with Gasteiger partial charge in [-0.3, -0.25) is 9.36 Å². The molecule has 0 unspecified atom stereocenters.